The van der Waals surface area contributed by atoms with Crippen LogP contribution in [-0.2, 0) is 26.2 Å². The molecule has 0 aliphatic rings. The molecular formula is C31H39N3O5S2. The predicted molar refractivity (Wildman–Crippen MR) is 165 cm³/mol. The third-order valence-electron chi connectivity index (χ3n) is 6.68. The van der Waals surface area contributed by atoms with Crippen molar-refractivity contribution in [3.8, 4) is 5.75 Å². The van der Waals surface area contributed by atoms with Gasteiger partial charge in [-0.05, 0) is 93.1 Å². The molecule has 0 aliphatic heterocycles. The molecule has 0 heterocycles. The van der Waals surface area contributed by atoms with Crippen molar-refractivity contribution in [1.82, 2.24) is 10.2 Å². The first kappa shape index (κ1) is 32.0. The molecule has 0 spiro atoms. The zero-order chi connectivity index (χ0) is 30.0. The average Bonchev–Trinajstić information content (AvgIpc) is 2.98. The van der Waals surface area contributed by atoms with Crippen molar-refractivity contribution < 1.29 is 22.7 Å². The van der Waals surface area contributed by atoms with Crippen molar-refractivity contribution >= 4 is 39.3 Å². The topological polar surface area (TPSA) is 96.0 Å². The Balaban J connectivity index is 2.03. The van der Waals surface area contributed by atoms with E-state index in [1.165, 1.54) is 16.7 Å². The summed E-state index contributed by atoms with van der Waals surface area (Å²) in [6.07, 6.45) is 2.67. The number of carbonyl (C=O) groups is 2. The van der Waals surface area contributed by atoms with Crippen LogP contribution in [0.4, 0.5) is 5.69 Å². The summed E-state index contributed by atoms with van der Waals surface area (Å²) in [5.74, 6) is -0.200. The van der Waals surface area contributed by atoms with Crippen LogP contribution in [0.3, 0.4) is 0 Å². The number of nitrogens with one attached hydrogen (secondary N) is 1. The molecule has 41 heavy (non-hydrogen) atoms. The van der Waals surface area contributed by atoms with Crippen molar-refractivity contribution in [3.05, 3.63) is 83.9 Å². The molecular weight excluding hydrogens is 558 g/mol. The number of anilines is 1. The molecule has 0 bridgehead atoms. The van der Waals surface area contributed by atoms with Gasteiger partial charge in [-0.25, -0.2) is 8.42 Å². The average molecular weight is 598 g/mol. The van der Waals surface area contributed by atoms with E-state index in [4.69, 9.17) is 4.74 Å². The van der Waals surface area contributed by atoms with Crippen LogP contribution in [0.25, 0.3) is 0 Å². The SMILES string of the molecule is CCCNC(=O)C(C)N(Cc1ccccc1C)C(=O)CN(c1ccc(OCC)cc1)S(=O)(=O)c1ccc(SC)cc1. The van der Waals surface area contributed by atoms with E-state index >= 15 is 0 Å². The fourth-order valence-electron chi connectivity index (χ4n) is 4.23. The Morgan fingerprint density at radius 3 is 2.22 bits per heavy atom. The van der Waals surface area contributed by atoms with Crippen LogP contribution in [0.15, 0.2) is 82.6 Å². The molecule has 0 radical (unpaired) electrons. The van der Waals surface area contributed by atoms with E-state index in [2.05, 4.69) is 5.32 Å². The zero-order valence-electron chi connectivity index (χ0n) is 24.3. The minimum absolute atomic E-state index is 0.0659. The molecule has 1 N–H and O–H groups in total. The minimum Gasteiger partial charge on any atom is -0.494 e. The van der Waals surface area contributed by atoms with Crippen LogP contribution in [-0.4, -0.2) is 57.1 Å². The number of ether oxygens (including phenoxy) is 1. The van der Waals surface area contributed by atoms with E-state index in [1.54, 1.807) is 55.5 Å². The first-order valence-electron chi connectivity index (χ1n) is 13.6. The van der Waals surface area contributed by atoms with Crippen LogP contribution >= 0.6 is 11.8 Å². The van der Waals surface area contributed by atoms with Gasteiger partial charge in [-0.2, -0.15) is 0 Å². The van der Waals surface area contributed by atoms with E-state index in [0.29, 0.717) is 24.6 Å². The first-order valence-corrected chi connectivity index (χ1v) is 16.3. The number of sulfonamides is 1. The Bertz CT molecular complexity index is 1410. The molecule has 0 saturated heterocycles. The van der Waals surface area contributed by atoms with Crippen LogP contribution in [0, 0.1) is 6.92 Å². The number of hydrogen-bond acceptors (Lipinski definition) is 6. The number of rotatable bonds is 14. The van der Waals surface area contributed by atoms with Crippen molar-refractivity contribution in [2.75, 3.05) is 30.3 Å². The van der Waals surface area contributed by atoms with Gasteiger partial charge in [0.05, 0.1) is 17.2 Å². The van der Waals surface area contributed by atoms with E-state index in [1.807, 2.05) is 51.3 Å². The Kier molecular flexibility index (Phi) is 11.7. The molecule has 2 amide bonds. The van der Waals surface area contributed by atoms with Gasteiger partial charge in [0.2, 0.25) is 11.8 Å². The van der Waals surface area contributed by atoms with Crippen LogP contribution in [0.2, 0.25) is 0 Å². The first-order chi connectivity index (χ1) is 19.6. The second kappa shape index (κ2) is 14.9. The van der Waals surface area contributed by atoms with Gasteiger partial charge in [0.15, 0.2) is 0 Å². The predicted octanol–water partition coefficient (Wildman–Crippen LogP) is 5.25. The summed E-state index contributed by atoms with van der Waals surface area (Å²) < 4.78 is 34.6. The molecule has 0 saturated carbocycles. The summed E-state index contributed by atoms with van der Waals surface area (Å²) in [6.45, 7) is 8.03. The highest BCUT2D eigenvalue weighted by Gasteiger charge is 2.32. The molecule has 220 valence electrons. The highest BCUT2D eigenvalue weighted by Crippen LogP contribution is 2.28. The number of nitrogens with zero attached hydrogens (tertiary/aromatic N) is 2. The van der Waals surface area contributed by atoms with Crippen molar-refractivity contribution in [3.63, 3.8) is 0 Å². The van der Waals surface area contributed by atoms with E-state index < -0.39 is 28.5 Å². The number of thioether (sulfide) groups is 1. The van der Waals surface area contributed by atoms with Gasteiger partial charge in [-0.1, -0.05) is 31.2 Å². The van der Waals surface area contributed by atoms with E-state index in [0.717, 1.165) is 26.7 Å². The van der Waals surface area contributed by atoms with Gasteiger partial charge in [-0.15, -0.1) is 11.8 Å². The summed E-state index contributed by atoms with van der Waals surface area (Å²) in [4.78, 5) is 29.5. The molecule has 3 rings (SSSR count). The van der Waals surface area contributed by atoms with Gasteiger partial charge in [-0.3, -0.25) is 13.9 Å². The van der Waals surface area contributed by atoms with Gasteiger partial charge in [0.1, 0.15) is 18.3 Å². The van der Waals surface area contributed by atoms with Crippen LogP contribution in [0.1, 0.15) is 38.3 Å². The number of aryl methyl sites for hydroxylation is 1. The fourth-order valence-corrected chi connectivity index (χ4v) is 6.05. The lowest BCUT2D eigenvalue weighted by atomic mass is 10.1. The lowest BCUT2D eigenvalue weighted by Gasteiger charge is -2.32. The minimum atomic E-state index is -4.14. The molecule has 0 aliphatic carbocycles. The lowest BCUT2D eigenvalue weighted by Crippen LogP contribution is -2.51. The van der Waals surface area contributed by atoms with E-state index in [-0.39, 0.29) is 17.3 Å². The number of carbonyl (C=O) groups excluding carboxylic acids is 2. The summed E-state index contributed by atoms with van der Waals surface area (Å²) in [7, 11) is -4.14. The Morgan fingerprint density at radius 1 is 0.976 bits per heavy atom. The standard InChI is InChI=1S/C31H39N3O5S2/c1-6-20-32-31(36)24(4)33(21-25-11-9-8-10-23(25)3)30(35)22-34(26-12-14-27(15-13-26)39-7-2)41(37,38)29-18-16-28(40-5)17-19-29/h8-19,24H,6-7,20-22H2,1-5H3,(H,32,36). The monoisotopic (exact) mass is 597 g/mol. The maximum atomic E-state index is 14.0. The molecule has 1 unspecified atom stereocenters. The lowest BCUT2D eigenvalue weighted by molar-refractivity contribution is -0.139. The number of benzene rings is 3. The van der Waals surface area contributed by atoms with Gasteiger partial charge in [0, 0.05) is 18.0 Å². The maximum Gasteiger partial charge on any atom is 0.264 e. The molecule has 1 atom stereocenters. The second-order valence-electron chi connectivity index (χ2n) is 9.53. The third kappa shape index (κ3) is 8.27. The Hall–Kier alpha value is -3.50. The van der Waals surface area contributed by atoms with Crippen molar-refractivity contribution in [2.24, 2.45) is 0 Å². The summed E-state index contributed by atoms with van der Waals surface area (Å²) in [5.41, 5.74) is 2.16. The zero-order valence-corrected chi connectivity index (χ0v) is 25.9. The van der Waals surface area contributed by atoms with E-state index in [9.17, 15) is 18.0 Å². The van der Waals surface area contributed by atoms with Crippen molar-refractivity contribution in [1.29, 1.82) is 0 Å². The third-order valence-corrected chi connectivity index (χ3v) is 9.21. The molecule has 3 aromatic rings. The number of hydrogen-bond donors (Lipinski definition) is 1. The normalized spacial score (nSPS) is 11.9. The quantitative estimate of drug-likeness (QED) is 0.255. The van der Waals surface area contributed by atoms with Gasteiger partial charge >= 0.3 is 0 Å². The summed E-state index contributed by atoms with van der Waals surface area (Å²) >= 11 is 1.51. The maximum absolute atomic E-state index is 14.0. The van der Waals surface area contributed by atoms with Crippen molar-refractivity contribution in [2.45, 2.75) is 56.5 Å². The number of amides is 2. The summed E-state index contributed by atoms with van der Waals surface area (Å²) in [5, 5.41) is 2.86. The second-order valence-corrected chi connectivity index (χ2v) is 12.3. The Labute approximate surface area is 248 Å². The summed E-state index contributed by atoms with van der Waals surface area (Å²) in [6, 6.07) is 20.0. The molecule has 10 heteroatoms. The van der Waals surface area contributed by atoms with Crippen LogP contribution < -0.4 is 14.4 Å². The smallest absolute Gasteiger partial charge is 0.264 e. The van der Waals surface area contributed by atoms with Gasteiger partial charge in [0.25, 0.3) is 10.0 Å². The Morgan fingerprint density at radius 2 is 1.63 bits per heavy atom. The largest absolute Gasteiger partial charge is 0.494 e. The molecule has 8 nitrogen and oxygen atoms in total. The molecule has 0 aromatic heterocycles. The fraction of sp³-hybridized carbons (Fsp3) is 0.355. The van der Waals surface area contributed by atoms with Crippen LogP contribution in [0.5, 0.6) is 5.75 Å². The highest BCUT2D eigenvalue weighted by molar-refractivity contribution is 7.98. The highest BCUT2D eigenvalue weighted by atomic mass is 32.2. The molecule has 3 aromatic carbocycles. The van der Waals surface area contributed by atoms with Gasteiger partial charge < -0.3 is 15.0 Å². The molecule has 0 fully saturated rings.